The van der Waals surface area contributed by atoms with Gasteiger partial charge in [-0.3, -0.25) is 0 Å². The molecule has 0 aliphatic heterocycles. The Labute approximate surface area is 113 Å². The Balaban J connectivity index is 2.21. The van der Waals surface area contributed by atoms with Crippen molar-refractivity contribution in [2.24, 2.45) is 5.73 Å². The third-order valence-electron chi connectivity index (χ3n) is 3.25. The lowest BCUT2D eigenvalue weighted by Gasteiger charge is -2.16. The second-order valence-corrected chi connectivity index (χ2v) is 4.51. The fourth-order valence-electron chi connectivity index (χ4n) is 2.21. The zero-order valence-electron chi connectivity index (χ0n) is 11.0. The second-order valence-electron chi connectivity index (χ2n) is 4.51. The van der Waals surface area contributed by atoms with Crippen LogP contribution in [0.5, 0.6) is 5.75 Å². The number of hydrogen-bond acceptors (Lipinski definition) is 2. The highest BCUT2D eigenvalue weighted by Gasteiger charge is 2.14. The number of nitrogens with two attached hydrogens (primary N) is 1. The van der Waals surface area contributed by atoms with Crippen LogP contribution in [0.1, 0.15) is 17.0 Å². The van der Waals surface area contributed by atoms with Gasteiger partial charge in [-0.05, 0) is 42.3 Å². The van der Waals surface area contributed by atoms with Crippen LogP contribution in [0.4, 0.5) is 4.39 Å². The quantitative estimate of drug-likeness (QED) is 0.895. The van der Waals surface area contributed by atoms with Gasteiger partial charge in [-0.15, -0.1) is 0 Å². The zero-order valence-corrected chi connectivity index (χ0v) is 11.0. The Hall–Kier alpha value is -1.87. The summed E-state index contributed by atoms with van der Waals surface area (Å²) in [5.41, 5.74) is 7.56. The molecule has 0 spiro atoms. The van der Waals surface area contributed by atoms with Gasteiger partial charge in [-0.25, -0.2) is 4.39 Å². The van der Waals surface area contributed by atoms with E-state index in [9.17, 15) is 4.39 Å². The monoisotopic (exact) mass is 259 g/mol. The molecule has 3 heteroatoms. The number of ether oxygens (including phenoxy) is 1. The molecule has 0 aliphatic rings. The van der Waals surface area contributed by atoms with E-state index in [1.54, 1.807) is 19.2 Å². The third kappa shape index (κ3) is 3.32. The van der Waals surface area contributed by atoms with E-state index in [4.69, 9.17) is 10.5 Å². The predicted octanol–water partition coefficient (Wildman–Crippen LogP) is 3.12. The lowest BCUT2D eigenvalue weighted by molar-refractivity contribution is 0.414. The molecule has 2 N–H and O–H groups in total. The summed E-state index contributed by atoms with van der Waals surface area (Å²) in [5.74, 6) is 0.593. The predicted molar refractivity (Wildman–Crippen MR) is 74.9 cm³/mol. The van der Waals surface area contributed by atoms with Crippen LogP contribution in [0.2, 0.25) is 0 Å². The summed E-state index contributed by atoms with van der Waals surface area (Å²) in [5, 5.41) is 0. The summed E-state index contributed by atoms with van der Waals surface area (Å²) in [6.45, 7) is 0.415. The minimum absolute atomic E-state index is 0.0201. The number of benzene rings is 2. The number of rotatable bonds is 5. The van der Waals surface area contributed by atoms with Gasteiger partial charge in [-0.1, -0.05) is 30.3 Å². The molecule has 0 amide bonds. The average Bonchev–Trinajstić information content (AvgIpc) is 2.46. The summed E-state index contributed by atoms with van der Waals surface area (Å²) in [4.78, 5) is 0. The van der Waals surface area contributed by atoms with E-state index in [2.05, 4.69) is 0 Å². The SMILES string of the molecule is COc1cccc(CC(CN)c2ccccc2F)c1. The minimum Gasteiger partial charge on any atom is -0.497 e. The molecule has 0 radical (unpaired) electrons. The standard InChI is InChI=1S/C16H18FNO/c1-19-14-6-4-5-12(10-14)9-13(11-18)15-7-2-3-8-16(15)17/h2-8,10,13H,9,11,18H2,1H3. The maximum absolute atomic E-state index is 13.8. The van der Waals surface area contributed by atoms with E-state index < -0.39 is 0 Å². The molecule has 2 aromatic carbocycles. The minimum atomic E-state index is -0.194. The van der Waals surface area contributed by atoms with Gasteiger partial charge in [0.1, 0.15) is 11.6 Å². The molecule has 0 aliphatic carbocycles. The van der Waals surface area contributed by atoms with Gasteiger partial charge < -0.3 is 10.5 Å². The van der Waals surface area contributed by atoms with Crippen LogP contribution in [0, 0.1) is 5.82 Å². The highest BCUT2D eigenvalue weighted by molar-refractivity contribution is 5.31. The lowest BCUT2D eigenvalue weighted by atomic mass is 9.91. The van der Waals surface area contributed by atoms with Crippen molar-refractivity contribution in [1.82, 2.24) is 0 Å². The van der Waals surface area contributed by atoms with E-state index in [-0.39, 0.29) is 11.7 Å². The molecule has 2 aromatic rings. The molecule has 19 heavy (non-hydrogen) atoms. The zero-order chi connectivity index (χ0) is 13.7. The summed E-state index contributed by atoms with van der Waals surface area (Å²) >= 11 is 0. The van der Waals surface area contributed by atoms with Gasteiger partial charge in [0.2, 0.25) is 0 Å². The van der Waals surface area contributed by atoms with Gasteiger partial charge in [0.15, 0.2) is 0 Å². The molecule has 100 valence electrons. The molecule has 0 heterocycles. The molecule has 2 nitrogen and oxygen atoms in total. The lowest BCUT2D eigenvalue weighted by Crippen LogP contribution is -2.16. The largest absolute Gasteiger partial charge is 0.497 e. The number of hydrogen-bond donors (Lipinski definition) is 1. The first-order valence-corrected chi connectivity index (χ1v) is 6.32. The van der Waals surface area contributed by atoms with Crippen molar-refractivity contribution >= 4 is 0 Å². The second kappa shape index (κ2) is 6.34. The molecule has 0 fully saturated rings. The number of halogens is 1. The maximum Gasteiger partial charge on any atom is 0.126 e. The van der Waals surface area contributed by atoms with Gasteiger partial charge in [0.25, 0.3) is 0 Å². The van der Waals surface area contributed by atoms with E-state index in [0.717, 1.165) is 11.3 Å². The van der Waals surface area contributed by atoms with Crippen LogP contribution in [-0.4, -0.2) is 13.7 Å². The summed E-state index contributed by atoms with van der Waals surface area (Å²) in [6, 6.07) is 14.6. The first-order valence-electron chi connectivity index (χ1n) is 6.32. The Kier molecular flexibility index (Phi) is 4.53. The van der Waals surface area contributed by atoms with Gasteiger partial charge in [0.05, 0.1) is 7.11 Å². The van der Waals surface area contributed by atoms with Crippen molar-refractivity contribution < 1.29 is 9.13 Å². The molecular formula is C16H18FNO. The molecule has 1 unspecified atom stereocenters. The van der Waals surface area contributed by atoms with Gasteiger partial charge in [0, 0.05) is 5.92 Å². The molecule has 1 atom stereocenters. The van der Waals surface area contributed by atoms with Crippen molar-refractivity contribution in [3.8, 4) is 5.75 Å². The van der Waals surface area contributed by atoms with Crippen molar-refractivity contribution in [3.63, 3.8) is 0 Å². The van der Waals surface area contributed by atoms with E-state index >= 15 is 0 Å². The van der Waals surface area contributed by atoms with E-state index in [1.807, 2.05) is 30.3 Å². The molecule has 0 bridgehead atoms. The Morgan fingerprint density at radius 2 is 1.95 bits per heavy atom. The molecule has 0 saturated carbocycles. The summed E-state index contributed by atoms with van der Waals surface area (Å²) in [6.07, 6.45) is 0.703. The molecular weight excluding hydrogens is 241 g/mol. The van der Waals surface area contributed by atoms with Crippen LogP contribution in [0.25, 0.3) is 0 Å². The normalized spacial score (nSPS) is 12.2. The van der Waals surface area contributed by atoms with E-state index in [0.29, 0.717) is 18.5 Å². The first kappa shape index (κ1) is 13.6. The van der Waals surface area contributed by atoms with E-state index in [1.165, 1.54) is 6.07 Å². The Bertz CT molecular complexity index is 542. The molecule has 2 rings (SSSR count). The van der Waals surface area contributed by atoms with Gasteiger partial charge in [-0.2, -0.15) is 0 Å². The fourth-order valence-corrected chi connectivity index (χ4v) is 2.21. The van der Waals surface area contributed by atoms with Crippen molar-refractivity contribution in [2.75, 3.05) is 13.7 Å². The maximum atomic E-state index is 13.8. The van der Waals surface area contributed by atoms with Crippen LogP contribution in [-0.2, 0) is 6.42 Å². The molecule has 0 saturated heterocycles. The van der Waals surface area contributed by atoms with Crippen LogP contribution in [0.15, 0.2) is 48.5 Å². The van der Waals surface area contributed by atoms with Crippen molar-refractivity contribution in [3.05, 3.63) is 65.5 Å². The smallest absolute Gasteiger partial charge is 0.126 e. The Morgan fingerprint density at radius 3 is 2.63 bits per heavy atom. The average molecular weight is 259 g/mol. The van der Waals surface area contributed by atoms with Gasteiger partial charge >= 0.3 is 0 Å². The number of methoxy groups -OCH3 is 1. The topological polar surface area (TPSA) is 35.2 Å². The van der Waals surface area contributed by atoms with Crippen molar-refractivity contribution in [2.45, 2.75) is 12.3 Å². The van der Waals surface area contributed by atoms with Crippen molar-refractivity contribution in [1.29, 1.82) is 0 Å². The van der Waals surface area contributed by atoms with Crippen LogP contribution < -0.4 is 10.5 Å². The molecule has 0 aromatic heterocycles. The highest BCUT2D eigenvalue weighted by Crippen LogP contribution is 2.24. The van der Waals surface area contributed by atoms with Crippen LogP contribution in [0.3, 0.4) is 0 Å². The third-order valence-corrected chi connectivity index (χ3v) is 3.25. The first-order chi connectivity index (χ1) is 9.24. The Morgan fingerprint density at radius 1 is 1.16 bits per heavy atom. The summed E-state index contributed by atoms with van der Waals surface area (Å²) in [7, 11) is 1.64. The van der Waals surface area contributed by atoms with Crippen LogP contribution >= 0.6 is 0 Å². The fraction of sp³-hybridized carbons (Fsp3) is 0.250. The highest BCUT2D eigenvalue weighted by atomic mass is 19.1. The summed E-state index contributed by atoms with van der Waals surface area (Å²) < 4.78 is 19.0.